The number of fused-ring (bicyclic) bond motifs is 1. The van der Waals surface area contributed by atoms with Crippen molar-refractivity contribution in [2.45, 2.75) is 40.0 Å². The molecule has 0 fully saturated rings. The molecule has 3 aromatic rings. The quantitative estimate of drug-likeness (QED) is 0.628. The van der Waals surface area contributed by atoms with E-state index in [-0.39, 0.29) is 5.41 Å². The summed E-state index contributed by atoms with van der Waals surface area (Å²) in [7, 11) is 0. The molecule has 1 N–H and O–H groups in total. The van der Waals surface area contributed by atoms with E-state index in [1.54, 1.807) is 0 Å². The number of nitrogens with one attached hydrogen (secondary N) is 1. The molecule has 0 spiro atoms. The number of aromatic amines is 1. The second kappa shape index (κ2) is 5.10. The first kappa shape index (κ1) is 15.0. The summed E-state index contributed by atoms with van der Waals surface area (Å²) in [5.74, 6) is 0.762. The van der Waals surface area contributed by atoms with Crippen molar-refractivity contribution in [3.63, 3.8) is 0 Å². The van der Waals surface area contributed by atoms with Gasteiger partial charge in [0, 0.05) is 11.1 Å². The smallest absolute Gasteiger partial charge is 0.141 e. The molecule has 0 aliphatic rings. The van der Waals surface area contributed by atoms with Gasteiger partial charge in [-0.2, -0.15) is 0 Å². The molecular formula is C18H20ClN3. The van der Waals surface area contributed by atoms with Gasteiger partial charge in [-0.15, -0.1) is 0 Å². The first-order chi connectivity index (χ1) is 10.3. The van der Waals surface area contributed by atoms with Crippen molar-refractivity contribution in [2.75, 3.05) is 0 Å². The average molecular weight is 314 g/mol. The van der Waals surface area contributed by atoms with Gasteiger partial charge in [0.15, 0.2) is 0 Å². The van der Waals surface area contributed by atoms with Gasteiger partial charge in [0.05, 0.1) is 16.6 Å². The van der Waals surface area contributed by atoms with Crippen LogP contribution in [0, 0.1) is 13.8 Å². The van der Waals surface area contributed by atoms with Crippen LogP contribution in [0.3, 0.4) is 0 Å². The second-order valence-corrected chi connectivity index (χ2v) is 7.18. The number of rotatable bonds is 1. The normalized spacial score (nSPS) is 12.1. The number of aryl methyl sites for hydroxylation is 2. The van der Waals surface area contributed by atoms with Crippen LogP contribution in [-0.2, 0) is 5.41 Å². The predicted molar refractivity (Wildman–Crippen MR) is 92.5 cm³/mol. The summed E-state index contributed by atoms with van der Waals surface area (Å²) in [4.78, 5) is 12.5. The van der Waals surface area contributed by atoms with Crippen molar-refractivity contribution in [3.05, 3.63) is 46.2 Å². The van der Waals surface area contributed by atoms with Crippen LogP contribution in [0.15, 0.2) is 24.3 Å². The molecule has 0 unspecified atom stereocenters. The van der Waals surface area contributed by atoms with Crippen molar-refractivity contribution < 1.29 is 0 Å². The standard InChI is InChI=1S/C18H20ClN3/c1-10-8-13-14(9-11(10)2)21-17(20-13)12-6-7-15(18(3,4)5)22-16(12)19/h6-9H,1-5H3,(H,20,21). The van der Waals surface area contributed by atoms with E-state index in [0.717, 1.165) is 28.1 Å². The Morgan fingerprint density at radius 1 is 1.00 bits per heavy atom. The zero-order chi connectivity index (χ0) is 16.1. The SMILES string of the molecule is Cc1cc2nc(-c3ccc(C(C)(C)C)nc3Cl)[nH]c2cc1C. The number of imidazole rings is 1. The Morgan fingerprint density at radius 3 is 2.32 bits per heavy atom. The highest BCUT2D eigenvalue weighted by Gasteiger charge is 2.18. The first-order valence-electron chi connectivity index (χ1n) is 7.40. The molecular weight excluding hydrogens is 294 g/mol. The van der Waals surface area contributed by atoms with E-state index in [0.29, 0.717) is 5.15 Å². The van der Waals surface area contributed by atoms with Gasteiger partial charge in [0.1, 0.15) is 11.0 Å². The summed E-state index contributed by atoms with van der Waals surface area (Å²) in [5, 5.41) is 0.486. The maximum Gasteiger partial charge on any atom is 0.141 e. The molecule has 0 saturated heterocycles. The van der Waals surface area contributed by atoms with E-state index in [1.807, 2.05) is 12.1 Å². The van der Waals surface area contributed by atoms with Gasteiger partial charge >= 0.3 is 0 Å². The highest BCUT2D eigenvalue weighted by molar-refractivity contribution is 6.32. The van der Waals surface area contributed by atoms with E-state index in [9.17, 15) is 0 Å². The van der Waals surface area contributed by atoms with Crippen LogP contribution >= 0.6 is 11.6 Å². The van der Waals surface area contributed by atoms with Gasteiger partial charge in [0.25, 0.3) is 0 Å². The number of hydrogen-bond donors (Lipinski definition) is 1. The molecule has 0 bridgehead atoms. The highest BCUT2D eigenvalue weighted by atomic mass is 35.5. The fourth-order valence-corrected chi connectivity index (χ4v) is 2.67. The third-order valence-electron chi connectivity index (χ3n) is 3.97. The van der Waals surface area contributed by atoms with Crippen LogP contribution in [0.2, 0.25) is 5.15 Å². The maximum atomic E-state index is 6.39. The summed E-state index contributed by atoms with van der Waals surface area (Å²) in [6.45, 7) is 10.6. The lowest BCUT2D eigenvalue weighted by Crippen LogP contribution is -2.13. The molecule has 3 nitrogen and oxygen atoms in total. The minimum atomic E-state index is -0.0235. The number of aromatic nitrogens is 3. The van der Waals surface area contributed by atoms with Crippen molar-refractivity contribution in [3.8, 4) is 11.4 Å². The molecule has 4 heteroatoms. The summed E-state index contributed by atoms with van der Waals surface area (Å²) in [5.41, 5.74) is 6.24. The molecule has 0 atom stereocenters. The van der Waals surface area contributed by atoms with E-state index >= 15 is 0 Å². The summed E-state index contributed by atoms with van der Waals surface area (Å²) in [6.07, 6.45) is 0. The van der Waals surface area contributed by atoms with Gasteiger partial charge in [0.2, 0.25) is 0 Å². The maximum absolute atomic E-state index is 6.39. The number of pyridine rings is 1. The molecule has 3 rings (SSSR count). The summed E-state index contributed by atoms with van der Waals surface area (Å²) < 4.78 is 0. The van der Waals surface area contributed by atoms with Gasteiger partial charge in [-0.3, -0.25) is 0 Å². The van der Waals surface area contributed by atoms with Crippen LogP contribution in [0.5, 0.6) is 0 Å². The van der Waals surface area contributed by atoms with Crippen molar-refractivity contribution in [1.82, 2.24) is 15.0 Å². The Labute approximate surface area is 135 Å². The Balaban J connectivity index is 2.11. The predicted octanol–water partition coefficient (Wildman–Crippen LogP) is 5.19. The fraction of sp³-hybridized carbons (Fsp3) is 0.333. The Hall–Kier alpha value is -1.87. The lowest BCUT2D eigenvalue weighted by atomic mass is 9.91. The number of H-pyrrole nitrogens is 1. The van der Waals surface area contributed by atoms with Gasteiger partial charge in [-0.25, -0.2) is 9.97 Å². The van der Waals surface area contributed by atoms with Gasteiger partial charge in [-0.1, -0.05) is 32.4 Å². The van der Waals surface area contributed by atoms with E-state index in [4.69, 9.17) is 11.6 Å². The zero-order valence-corrected chi connectivity index (χ0v) is 14.3. The minimum Gasteiger partial charge on any atom is -0.338 e. The number of hydrogen-bond acceptors (Lipinski definition) is 2. The van der Waals surface area contributed by atoms with E-state index in [1.165, 1.54) is 11.1 Å². The molecule has 2 heterocycles. The highest BCUT2D eigenvalue weighted by Crippen LogP contribution is 2.30. The van der Waals surface area contributed by atoms with Gasteiger partial charge < -0.3 is 4.98 Å². The second-order valence-electron chi connectivity index (χ2n) is 6.82. The van der Waals surface area contributed by atoms with Gasteiger partial charge in [-0.05, 0) is 49.2 Å². The third kappa shape index (κ3) is 2.61. The molecule has 22 heavy (non-hydrogen) atoms. The van der Waals surface area contributed by atoms with Crippen molar-refractivity contribution in [2.24, 2.45) is 0 Å². The Kier molecular flexibility index (Phi) is 3.48. The minimum absolute atomic E-state index is 0.0235. The number of nitrogens with zero attached hydrogens (tertiary/aromatic N) is 2. The Morgan fingerprint density at radius 2 is 1.68 bits per heavy atom. The summed E-state index contributed by atoms with van der Waals surface area (Å²) >= 11 is 6.39. The molecule has 2 aromatic heterocycles. The van der Waals surface area contributed by atoms with Crippen LogP contribution in [0.1, 0.15) is 37.6 Å². The third-order valence-corrected chi connectivity index (χ3v) is 4.26. The molecule has 0 aliphatic carbocycles. The van der Waals surface area contributed by atoms with E-state index in [2.05, 4.69) is 61.7 Å². The molecule has 0 amide bonds. The van der Waals surface area contributed by atoms with Crippen LogP contribution in [0.4, 0.5) is 0 Å². The molecule has 1 aromatic carbocycles. The van der Waals surface area contributed by atoms with Crippen molar-refractivity contribution >= 4 is 22.6 Å². The molecule has 0 radical (unpaired) electrons. The largest absolute Gasteiger partial charge is 0.338 e. The Bertz CT molecular complexity index is 818. The topological polar surface area (TPSA) is 41.6 Å². The first-order valence-corrected chi connectivity index (χ1v) is 7.78. The lowest BCUT2D eigenvalue weighted by molar-refractivity contribution is 0.569. The van der Waals surface area contributed by atoms with E-state index < -0.39 is 0 Å². The van der Waals surface area contributed by atoms with Crippen LogP contribution in [-0.4, -0.2) is 15.0 Å². The van der Waals surface area contributed by atoms with Crippen molar-refractivity contribution in [1.29, 1.82) is 0 Å². The molecule has 0 saturated carbocycles. The zero-order valence-electron chi connectivity index (χ0n) is 13.6. The van der Waals surface area contributed by atoms with Crippen LogP contribution in [0.25, 0.3) is 22.4 Å². The van der Waals surface area contributed by atoms with Crippen LogP contribution < -0.4 is 0 Å². The monoisotopic (exact) mass is 313 g/mol. The number of halogens is 1. The average Bonchev–Trinajstić information content (AvgIpc) is 2.80. The number of benzene rings is 1. The molecule has 0 aliphatic heterocycles. The fourth-order valence-electron chi connectivity index (χ4n) is 2.43. The lowest BCUT2D eigenvalue weighted by Gasteiger charge is -2.18. The summed E-state index contributed by atoms with van der Waals surface area (Å²) in [6, 6.07) is 8.22. The molecule has 114 valence electrons.